The van der Waals surface area contributed by atoms with E-state index >= 15 is 0 Å². The summed E-state index contributed by atoms with van der Waals surface area (Å²) in [4.78, 5) is 4.46. The van der Waals surface area contributed by atoms with Gasteiger partial charge in [0, 0.05) is 39.0 Å². The number of hydrogen-bond acceptors (Lipinski definition) is 6. The number of rotatable bonds is 4. The van der Waals surface area contributed by atoms with Crippen LogP contribution in [0.5, 0.6) is 0 Å². The third-order valence-electron chi connectivity index (χ3n) is 3.57. The Morgan fingerprint density at radius 3 is 2.45 bits per heavy atom. The van der Waals surface area contributed by atoms with E-state index < -0.39 is 9.84 Å². The molecule has 1 heterocycles. The van der Waals surface area contributed by atoms with Crippen molar-refractivity contribution in [3.63, 3.8) is 0 Å². The number of nitrogens with two attached hydrogens (primary N) is 1. The van der Waals surface area contributed by atoms with Crippen molar-refractivity contribution < 1.29 is 13.5 Å². The van der Waals surface area contributed by atoms with Gasteiger partial charge in [0.1, 0.15) is 0 Å². The minimum absolute atomic E-state index is 0.158. The molecule has 0 amide bonds. The predicted molar refractivity (Wildman–Crippen MR) is 79.7 cm³/mol. The van der Waals surface area contributed by atoms with Crippen molar-refractivity contribution >= 4 is 21.2 Å². The second kappa shape index (κ2) is 5.99. The first-order chi connectivity index (χ1) is 9.43. The first-order valence-corrected chi connectivity index (χ1v) is 8.49. The van der Waals surface area contributed by atoms with Crippen LogP contribution < -0.4 is 10.6 Å². The molecule has 3 N–H and O–H groups in total. The maximum absolute atomic E-state index is 11.7. The molecule has 1 saturated heterocycles. The van der Waals surface area contributed by atoms with Crippen LogP contribution in [0.3, 0.4) is 0 Å². The lowest BCUT2D eigenvalue weighted by Crippen LogP contribution is -2.47. The van der Waals surface area contributed by atoms with Crippen LogP contribution in [-0.2, 0) is 9.84 Å². The van der Waals surface area contributed by atoms with Gasteiger partial charge in [-0.3, -0.25) is 4.90 Å². The Hall–Kier alpha value is -1.31. The largest absolute Gasteiger partial charge is 0.396 e. The van der Waals surface area contributed by atoms with Crippen LogP contribution in [-0.4, -0.2) is 64.0 Å². The molecule has 0 spiro atoms. The molecule has 20 heavy (non-hydrogen) atoms. The second-order valence-corrected chi connectivity index (χ2v) is 7.00. The minimum atomic E-state index is -3.31. The van der Waals surface area contributed by atoms with Crippen molar-refractivity contribution in [1.29, 1.82) is 0 Å². The van der Waals surface area contributed by atoms with E-state index in [9.17, 15) is 8.42 Å². The highest BCUT2D eigenvalue weighted by Gasteiger charge is 2.21. The summed E-state index contributed by atoms with van der Waals surface area (Å²) in [5, 5.41) is 8.93. The van der Waals surface area contributed by atoms with Crippen molar-refractivity contribution in [2.75, 3.05) is 56.2 Å². The number of aliphatic hydroxyl groups excluding tert-OH is 1. The molecule has 1 aliphatic heterocycles. The molecule has 0 bridgehead atoms. The van der Waals surface area contributed by atoms with E-state index in [-0.39, 0.29) is 11.5 Å². The number of piperazine rings is 1. The fourth-order valence-corrected chi connectivity index (χ4v) is 3.32. The van der Waals surface area contributed by atoms with Gasteiger partial charge in [0.15, 0.2) is 9.84 Å². The topological polar surface area (TPSA) is 86.9 Å². The van der Waals surface area contributed by atoms with Crippen molar-refractivity contribution in [2.45, 2.75) is 4.90 Å². The number of nitrogens with zero attached hydrogens (tertiary/aromatic N) is 2. The number of benzene rings is 1. The summed E-state index contributed by atoms with van der Waals surface area (Å²) in [6, 6.07) is 5.12. The molecule has 1 aromatic rings. The molecule has 112 valence electrons. The number of nitrogen functional groups attached to an aromatic ring is 1. The molecule has 0 aromatic heterocycles. The highest BCUT2D eigenvalue weighted by Crippen LogP contribution is 2.30. The van der Waals surface area contributed by atoms with Gasteiger partial charge in [-0.25, -0.2) is 8.42 Å². The summed E-state index contributed by atoms with van der Waals surface area (Å²) in [5.41, 5.74) is 7.12. The zero-order chi connectivity index (χ0) is 14.8. The number of aliphatic hydroxyl groups is 1. The van der Waals surface area contributed by atoms with E-state index in [1.54, 1.807) is 6.07 Å². The van der Waals surface area contributed by atoms with Crippen molar-refractivity contribution in [1.82, 2.24) is 4.90 Å². The number of anilines is 2. The summed E-state index contributed by atoms with van der Waals surface area (Å²) < 4.78 is 23.4. The number of hydrogen-bond donors (Lipinski definition) is 2. The van der Waals surface area contributed by atoms with E-state index in [1.807, 2.05) is 6.07 Å². The van der Waals surface area contributed by atoms with Gasteiger partial charge in [-0.15, -0.1) is 0 Å². The number of β-amino-alcohol motifs (C(OH)–C–C–N with tert-alkyl or cyclic N) is 1. The number of sulfone groups is 1. The Bertz CT molecular complexity index is 566. The molecule has 1 aliphatic rings. The lowest BCUT2D eigenvalue weighted by Gasteiger charge is -2.36. The summed E-state index contributed by atoms with van der Waals surface area (Å²) >= 11 is 0. The van der Waals surface area contributed by atoms with Crippen LogP contribution in [0, 0.1) is 0 Å². The van der Waals surface area contributed by atoms with Crippen LogP contribution in [0.4, 0.5) is 11.4 Å². The van der Waals surface area contributed by atoms with Crippen LogP contribution in [0.1, 0.15) is 0 Å². The average molecular weight is 299 g/mol. The van der Waals surface area contributed by atoms with Crippen molar-refractivity contribution in [3.05, 3.63) is 18.2 Å². The number of para-hydroxylation sites is 1. The first-order valence-electron chi connectivity index (χ1n) is 6.60. The molecule has 0 unspecified atom stereocenters. The quantitative estimate of drug-likeness (QED) is 0.748. The Kier molecular flexibility index (Phi) is 4.52. The van der Waals surface area contributed by atoms with E-state index in [2.05, 4.69) is 9.80 Å². The summed E-state index contributed by atoms with van der Waals surface area (Å²) in [5.74, 6) is 0. The van der Waals surface area contributed by atoms with Crippen LogP contribution in [0.15, 0.2) is 23.1 Å². The molecule has 6 nitrogen and oxygen atoms in total. The summed E-state index contributed by atoms with van der Waals surface area (Å²) in [6.45, 7) is 4.05. The van der Waals surface area contributed by atoms with Crippen LogP contribution in [0.25, 0.3) is 0 Å². The standard InChI is InChI=1S/C13H21N3O3S/c1-20(18,19)12-4-2-3-11(13(12)14)16-7-5-15(6-8-16)9-10-17/h2-4,17H,5-10,14H2,1H3. The fourth-order valence-electron chi connectivity index (χ4n) is 2.49. The molecule has 0 saturated carbocycles. The predicted octanol–water partition coefficient (Wildman–Crippen LogP) is -0.213. The Morgan fingerprint density at radius 1 is 1.25 bits per heavy atom. The Labute approximate surface area is 119 Å². The maximum atomic E-state index is 11.7. The molecule has 2 rings (SSSR count). The molecule has 0 atom stereocenters. The van der Waals surface area contributed by atoms with Crippen molar-refractivity contribution in [3.8, 4) is 0 Å². The molecule has 1 fully saturated rings. The zero-order valence-electron chi connectivity index (χ0n) is 11.6. The van der Waals surface area contributed by atoms with Gasteiger partial charge >= 0.3 is 0 Å². The Balaban J connectivity index is 2.19. The molecular formula is C13H21N3O3S. The molecule has 1 aromatic carbocycles. The van der Waals surface area contributed by atoms with E-state index in [1.165, 1.54) is 12.3 Å². The van der Waals surface area contributed by atoms with E-state index in [0.29, 0.717) is 12.2 Å². The van der Waals surface area contributed by atoms with E-state index in [4.69, 9.17) is 10.8 Å². The van der Waals surface area contributed by atoms with Gasteiger partial charge in [-0.1, -0.05) is 6.07 Å². The summed E-state index contributed by atoms with van der Waals surface area (Å²) in [7, 11) is -3.31. The third kappa shape index (κ3) is 3.23. The van der Waals surface area contributed by atoms with Gasteiger partial charge < -0.3 is 15.7 Å². The molecule has 7 heteroatoms. The monoisotopic (exact) mass is 299 g/mol. The average Bonchev–Trinajstić information content (AvgIpc) is 2.39. The highest BCUT2D eigenvalue weighted by molar-refractivity contribution is 7.90. The van der Waals surface area contributed by atoms with Gasteiger partial charge in [-0.2, -0.15) is 0 Å². The van der Waals surface area contributed by atoms with Gasteiger partial charge in [-0.05, 0) is 12.1 Å². The summed E-state index contributed by atoms with van der Waals surface area (Å²) in [6.07, 6.45) is 1.17. The van der Waals surface area contributed by atoms with Crippen molar-refractivity contribution in [2.24, 2.45) is 0 Å². The SMILES string of the molecule is CS(=O)(=O)c1cccc(N2CCN(CCO)CC2)c1N. The zero-order valence-corrected chi connectivity index (χ0v) is 12.4. The first kappa shape index (κ1) is 15.1. The van der Waals surface area contributed by atoms with Crippen LogP contribution >= 0.6 is 0 Å². The smallest absolute Gasteiger partial charge is 0.177 e. The molecule has 0 radical (unpaired) electrons. The van der Waals surface area contributed by atoms with Crippen LogP contribution in [0.2, 0.25) is 0 Å². The highest BCUT2D eigenvalue weighted by atomic mass is 32.2. The second-order valence-electron chi connectivity index (χ2n) is 5.01. The fraction of sp³-hybridized carbons (Fsp3) is 0.538. The van der Waals surface area contributed by atoms with E-state index in [0.717, 1.165) is 31.9 Å². The Morgan fingerprint density at radius 2 is 1.90 bits per heavy atom. The van der Waals surface area contributed by atoms with Gasteiger partial charge in [0.25, 0.3) is 0 Å². The van der Waals surface area contributed by atoms with Gasteiger partial charge in [0.05, 0.1) is 22.9 Å². The normalized spacial score (nSPS) is 17.4. The maximum Gasteiger partial charge on any atom is 0.177 e. The van der Waals surface area contributed by atoms with Gasteiger partial charge in [0.2, 0.25) is 0 Å². The minimum Gasteiger partial charge on any atom is -0.396 e. The lowest BCUT2D eigenvalue weighted by atomic mass is 10.2. The third-order valence-corrected chi connectivity index (χ3v) is 4.73. The molecular weight excluding hydrogens is 278 g/mol. The lowest BCUT2D eigenvalue weighted by molar-refractivity contribution is 0.189. The molecule has 0 aliphatic carbocycles.